The number of hydrogen-bond donors (Lipinski definition) is 2. The molecule has 2 fully saturated rings. The molecule has 2 heterocycles. The SMILES string of the molecule is CCCOc1ccc(C2OC(C(O)CO)C3OC(c4ccc(COCC)cc4)OC(CCC)C3O2)cc1. The minimum absolute atomic E-state index is 0.274. The van der Waals surface area contributed by atoms with Gasteiger partial charge in [0.2, 0.25) is 0 Å². The van der Waals surface area contributed by atoms with Gasteiger partial charge in [-0.25, -0.2) is 0 Å². The van der Waals surface area contributed by atoms with E-state index in [4.69, 9.17) is 28.4 Å². The summed E-state index contributed by atoms with van der Waals surface area (Å²) in [6.07, 6.45) is -2.13. The zero-order valence-corrected chi connectivity index (χ0v) is 22.0. The molecule has 2 N–H and O–H groups in total. The summed E-state index contributed by atoms with van der Waals surface area (Å²) in [5, 5.41) is 20.6. The molecule has 7 atom stereocenters. The van der Waals surface area contributed by atoms with Crippen molar-refractivity contribution in [2.45, 2.75) is 89.7 Å². The Balaban J connectivity index is 1.55. The van der Waals surface area contributed by atoms with Crippen LogP contribution in [0.15, 0.2) is 48.5 Å². The third-order valence-corrected chi connectivity index (χ3v) is 6.64. The molecule has 8 heteroatoms. The molecule has 0 bridgehead atoms. The lowest BCUT2D eigenvalue weighted by molar-refractivity contribution is -0.391. The van der Waals surface area contributed by atoms with Crippen molar-refractivity contribution in [2.75, 3.05) is 19.8 Å². The van der Waals surface area contributed by atoms with Crippen molar-refractivity contribution >= 4 is 0 Å². The predicted molar refractivity (Wildman–Crippen MR) is 137 cm³/mol. The molecule has 0 amide bonds. The van der Waals surface area contributed by atoms with Crippen LogP contribution in [0.25, 0.3) is 0 Å². The fourth-order valence-electron chi connectivity index (χ4n) is 4.70. The van der Waals surface area contributed by atoms with E-state index in [9.17, 15) is 10.2 Å². The van der Waals surface area contributed by atoms with Crippen LogP contribution in [0.4, 0.5) is 0 Å². The lowest BCUT2D eigenvalue weighted by atomic mass is 9.93. The lowest BCUT2D eigenvalue weighted by Gasteiger charge is -2.50. The molecule has 37 heavy (non-hydrogen) atoms. The molecule has 2 saturated heterocycles. The third-order valence-electron chi connectivity index (χ3n) is 6.64. The van der Waals surface area contributed by atoms with Crippen LogP contribution in [0.2, 0.25) is 0 Å². The van der Waals surface area contributed by atoms with E-state index in [1.54, 1.807) is 0 Å². The van der Waals surface area contributed by atoms with E-state index >= 15 is 0 Å². The quantitative estimate of drug-likeness (QED) is 0.428. The van der Waals surface area contributed by atoms with Crippen molar-refractivity contribution in [1.82, 2.24) is 0 Å². The molecule has 4 rings (SSSR count). The fourth-order valence-corrected chi connectivity index (χ4v) is 4.70. The number of hydrogen-bond acceptors (Lipinski definition) is 8. The Morgan fingerprint density at radius 1 is 0.811 bits per heavy atom. The van der Waals surface area contributed by atoms with Crippen LogP contribution in [0, 0.1) is 0 Å². The highest BCUT2D eigenvalue weighted by Crippen LogP contribution is 2.42. The summed E-state index contributed by atoms with van der Waals surface area (Å²) in [6, 6.07) is 15.5. The van der Waals surface area contributed by atoms with Crippen LogP contribution in [-0.2, 0) is 30.3 Å². The Morgan fingerprint density at radius 3 is 2.08 bits per heavy atom. The third kappa shape index (κ3) is 6.89. The van der Waals surface area contributed by atoms with Crippen molar-refractivity contribution in [1.29, 1.82) is 0 Å². The zero-order chi connectivity index (χ0) is 26.2. The van der Waals surface area contributed by atoms with Gasteiger partial charge in [0.25, 0.3) is 0 Å². The highest BCUT2D eigenvalue weighted by atomic mass is 16.8. The van der Waals surface area contributed by atoms with Crippen molar-refractivity contribution < 1.29 is 38.6 Å². The smallest absolute Gasteiger partial charge is 0.184 e. The number of aliphatic hydroxyl groups is 2. The van der Waals surface area contributed by atoms with Gasteiger partial charge < -0.3 is 38.6 Å². The Bertz CT molecular complexity index is 934. The first-order valence-electron chi connectivity index (χ1n) is 13.4. The molecule has 0 saturated carbocycles. The first-order chi connectivity index (χ1) is 18.1. The van der Waals surface area contributed by atoms with Gasteiger partial charge in [0.05, 0.1) is 25.9 Å². The summed E-state index contributed by atoms with van der Waals surface area (Å²) in [4.78, 5) is 0. The van der Waals surface area contributed by atoms with Gasteiger partial charge in [0.1, 0.15) is 30.2 Å². The Hall–Kier alpha value is -2.04. The van der Waals surface area contributed by atoms with Crippen LogP contribution in [0.1, 0.15) is 69.3 Å². The van der Waals surface area contributed by atoms with Crippen LogP contribution in [0.3, 0.4) is 0 Å². The molecule has 0 radical (unpaired) electrons. The van der Waals surface area contributed by atoms with Crippen molar-refractivity contribution in [2.24, 2.45) is 0 Å². The zero-order valence-electron chi connectivity index (χ0n) is 22.0. The molecular formula is C29H40O8. The van der Waals surface area contributed by atoms with Gasteiger partial charge in [0, 0.05) is 17.7 Å². The van der Waals surface area contributed by atoms with E-state index < -0.39 is 43.6 Å². The van der Waals surface area contributed by atoms with E-state index in [1.807, 2.05) is 55.5 Å². The highest BCUT2D eigenvalue weighted by molar-refractivity contribution is 5.28. The van der Waals surface area contributed by atoms with Crippen molar-refractivity contribution in [3.63, 3.8) is 0 Å². The fraction of sp³-hybridized carbons (Fsp3) is 0.586. The predicted octanol–water partition coefficient (Wildman–Crippen LogP) is 4.43. The topological polar surface area (TPSA) is 95.8 Å². The first-order valence-corrected chi connectivity index (χ1v) is 13.4. The van der Waals surface area contributed by atoms with E-state index in [0.29, 0.717) is 19.8 Å². The Kier molecular flexibility index (Phi) is 10.3. The molecule has 8 nitrogen and oxygen atoms in total. The minimum Gasteiger partial charge on any atom is -0.494 e. The van der Waals surface area contributed by atoms with Crippen molar-refractivity contribution in [3.8, 4) is 5.75 Å². The first kappa shape index (κ1) is 28.0. The van der Waals surface area contributed by atoms with E-state index in [0.717, 1.165) is 41.7 Å². The average Bonchev–Trinajstić information content (AvgIpc) is 2.94. The number of fused-ring (bicyclic) bond motifs is 1. The summed E-state index contributed by atoms with van der Waals surface area (Å²) in [5.74, 6) is 0.773. The van der Waals surface area contributed by atoms with Crippen molar-refractivity contribution in [3.05, 3.63) is 65.2 Å². The normalized spacial score (nSPS) is 28.5. The molecule has 0 aromatic heterocycles. The number of rotatable bonds is 12. The molecule has 2 aromatic rings. The maximum absolute atomic E-state index is 10.7. The minimum atomic E-state index is -1.14. The number of ether oxygens (including phenoxy) is 6. The maximum atomic E-state index is 10.7. The van der Waals surface area contributed by atoms with Gasteiger partial charge in [-0.1, -0.05) is 56.7 Å². The molecule has 7 unspecified atom stereocenters. The summed E-state index contributed by atoms with van der Waals surface area (Å²) in [5.41, 5.74) is 2.72. The van der Waals surface area contributed by atoms with E-state index in [2.05, 4.69) is 13.8 Å². The van der Waals surface area contributed by atoms with E-state index in [1.165, 1.54) is 0 Å². The molecule has 2 aliphatic heterocycles. The van der Waals surface area contributed by atoms with Gasteiger partial charge in [-0.05, 0) is 37.5 Å². The van der Waals surface area contributed by atoms with Crippen LogP contribution >= 0.6 is 0 Å². The van der Waals surface area contributed by atoms with Gasteiger partial charge in [-0.2, -0.15) is 0 Å². The lowest BCUT2D eigenvalue weighted by Crippen LogP contribution is -2.61. The molecular weight excluding hydrogens is 476 g/mol. The standard InChI is InChI=1S/C29H40O8/c1-4-7-24-26-27(37-28(34-24)20-10-8-19(9-11-20)18-32-6-3)25(23(31)17-30)35-29(36-26)21-12-14-22(15-13-21)33-16-5-2/h8-15,23-31H,4-7,16-18H2,1-3H3. The number of benzene rings is 2. The van der Waals surface area contributed by atoms with Gasteiger partial charge in [-0.3, -0.25) is 0 Å². The Morgan fingerprint density at radius 2 is 1.46 bits per heavy atom. The second kappa shape index (κ2) is 13.7. The van der Waals surface area contributed by atoms with Gasteiger partial charge in [0.15, 0.2) is 12.6 Å². The molecule has 0 spiro atoms. The molecule has 2 aliphatic rings. The second-order valence-electron chi connectivity index (χ2n) is 9.48. The Labute approximate surface area is 219 Å². The summed E-state index contributed by atoms with van der Waals surface area (Å²) in [6.45, 7) is 7.52. The second-order valence-corrected chi connectivity index (χ2v) is 9.48. The molecule has 0 aliphatic carbocycles. The van der Waals surface area contributed by atoms with Gasteiger partial charge in [-0.15, -0.1) is 0 Å². The monoisotopic (exact) mass is 516 g/mol. The van der Waals surface area contributed by atoms with Crippen LogP contribution in [0.5, 0.6) is 5.75 Å². The number of aliphatic hydroxyl groups excluding tert-OH is 2. The summed E-state index contributed by atoms with van der Waals surface area (Å²) in [7, 11) is 0. The maximum Gasteiger partial charge on any atom is 0.184 e. The largest absolute Gasteiger partial charge is 0.494 e. The molecule has 204 valence electrons. The van der Waals surface area contributed by atoms with Crippen LogP contribution < -0.4 is 4.74 Å². The highest BCUT2D eigenvalue weighted by Gasteiger charge is 2.51. The summed E-state index contributed by atoms with van der Waals surface area (Å²) >= 11 is 0. The van der Waals surface area contributed by atoms with Crippen LogP contribution in [-0.4, -0.2) is 60.6 Å². The average molecular weight is 517 g/mol. The van der Waals surface area contributed by atoms with E-state index in [-0.39, 0.29) is 6.10 Å². The summed E-state index contributed by atoms with van der Waals surface area (Å²) < 4.78 is 36.6. The molecule has 2 aromatic carbocycles. The van der Waals surface area contributed by atoms with Gasteiger partial charge >= 0.3 is 0 Å².